The highest BCUT2D eigenvalue weighted by atomic mass is 16.5. The zero-order valence-electron chi connectivity index (χ0n) is 13.4. The highest BCUT2D eigenvalue weighted by Gasteiger charge is 2.11. The second kappa shape index (κ2) is 7.75. The van der Waals surface area contributed by atoms with E-state index >= 15 is 0 Å². The highest BCUT2D eigenvalue weighted by Crippen LogP contribution is 2.21. The molecule has 0 aliphatic rings. The topological polar surface area (TPSA) is 79.2 Å². The van der Waals surface area contributed by atoms with Crippen molar-refractivity contribution in [3.8, 4) is 11.8 Å². The molecule has 2 aromatic carbocycles. The Balaban J connectivity index is 2.21. The molecular weight excluding hydrogens is 304 g/mol. The maximum atomic E-state index is 12.3. The number of amides is 1. The molecule has 1 amide bonds. The van der Waals surface area contributed by atoms with Gasteiger partial charge < -0.3 is 10.1 Å². The van der Waals surface area contributed by atoms with Gasteiger partial charge in [-0.25, -0.2) is 0 Å². The lowest BCUT2D eigenvalue weighted by molar-refractivity contribution is -0.112. The standard InChI is InChI=1S/C19H16N2O3/c1-13(22)14-7-9-17(10-8-14)21-19(23)16(12-20)11-15-5-3-4-6-18(15)24-2/h3-11H,1-2H3,(H,21,23)/b16-11+. The molecule has 1 N–H and O–H groups in total. The van der Waals surface area contributed by atoms with Crippen LogP contribution in [0.4, 0.5) is 5.69 Å². The fourth-order valence-corrected chi connectivity index (χ4v) is 2.08. The molecule has 0 fully saturated rings. The maximum Gasteiger partial charge on any atom is 0.266 e. The van der Waals surface area contributed by atoms with Crippen molar-refractivity contribution in [2.75, 3.05) is 12.4 Å². The first-order valence-corrected chi connectivity index (χ1v) is 7.22. The van der Waals surface area contributed by atoms with Gasteiger partial charge in [-0.05, 0) is 43.3 Å². The lowest BCUT2D eigenvalue weighted by Gasteiger charge is -2.07. The summed E-state index contributed by atoms with van der Waals surface area (Å²) in [4.78, 5) is 23.5. The number of rotatable bonds is 5. The molecule has 0 aliphatic carbocycles. The summed E-state index contributed by atoms with van der Waals surface area (Å²) in [5, 5.41) is 11.9. The van der Waals surface area contributed by atoms with Gasteiger partial charge in [-0.15, -0.1) is 0 Å². The van der Waals surface area contributed by atoms with E-state index in [9.17, 15) is 14.9 Å². The van der Waals surface area contributed by atoms with Gasteiger partial charge in [0.2, 0.25) is 0 Å². The fourth-order valence-electron chi connectivity index (χ4n) is 2.08. The minimum atomic E-state index is -0.529. The molecule has 2 rings (SSSR count). The lowest BCUT2D eigenvalue weighted by Crippen LogP contribution is -2.13. The van der Waals surface area contributed by atoms with Crippen LogP contribution in [0.25, 0.3) is 6.08 Å². The Labute approximate surface area is 140 Å². The zero-order chi connectivity index (χ0) is 17.5. The minimum absolute atomic E-state index is 0.0462. The van der Waals surface area contributed by atoms with Crippen molar-refractivity contribution in [3.63, 3.8) is 0 Å². The second-order valence-corrected chi connectivity index (χ2v) is 5.00. The number of anilines is 1. The average Bonchev–Trinajstić information content (AvgIpc) is 2.60. The first-order chi connectivity index (χ1) is 11.5. The lowest BCUT2D eigenvalue weighted by atomic mass is 10.1. The number of nitrogens with one attached hydrogen (secondary N) is 1. The Morgan fingerprint density at radius 1 is 1.12 bits per heavy atom. The summed E-state index contributed by atoms with van der Waals surface area (Å²) in [6.07, 6.45) is 1.47. The van der Waals surface area contributed by atoms with E-state index in [-0.39, 0.29) is 11.4 Å². The number of carbonyl (C=O) groups is 2. The van der Waals surface area contributed by atoms with Gasteiger partial charge in [0.05, 0.1) is 7.11 Å². The maximum absolute atomic E-state index is 12.3. The van der Waals surface area contributed by atoms with E-state index in [0.29, 0.717) is 22.6 Å². The smallest absolute Gasteiger partial charge is 0.266 e. The Hall–Kier alpha value is -3.39. The fraction of sp³-hybridized carbons (Fsp3) is 0.105. The Kier molecular flexibility index (Phi) is 5.48. The highest BCUT2D eigenvalue weighted by molar-refractivity contribution is 6.10. The van der Waals surface area contributed by atoms with Crippen LogP contribution in [0.1, 0.15) is 22.8 Å². The number of carbonyl (C=O) groups excluding carboxylic acids is 2. The van der Waals surface area contributed by atoms with Gasteiger partial charge in [0.25, 0.3) is 5.91 Å². The molecule has 0 aromatic heterocycles. The number of methoxy groups -OCH3 is 1. The third kappa shape index (κ3) is 4.08. The van der Waals surface area contributed by atoms with E-state index in [1.54, 1.807) is 48.5 Å². The summed E-state index contributed by atoms with van der Waals surface area (Å²) in [6.45, 7) is 1.47. The first kappa shape index (κ1) is 17.0. The van der Waals surface area contributed by atoms with Crippen molar-refractivity contribution in [2.24, 2.45) is 0 Å². The van der Waals surface area contributed by atoms with Crippen LogP contribution in [-0.4, -0.2) is 18.8 Å². The molecule has 0 heterocycles. The van der Waals surface area contributed by atoms with E-state index in [1.165, 1.54) is 20.1 Å². The summed E-state index contributed by atoms with van der Waals surface area (Å²) >= 11 is 0. The third-order valence-corrected chi connectivity index (χ3v) is 3.35. The molecule has 0 saturated carbocycles. The monoisotopic (exact) mass is 320 g/mol. The van der Waals surface area contributed by atoms with Gasteiger partial charge >= 0.3 is 0 Å². The first-order valence-electron chi connectivity index (χ1n) is 7.22. The van der Waals surface area contributed by atoms with Gasteiger partial charge in [-0.2, -0.15) is 5.26 Å². The zero-order valence-corrected chi connectivity index (χ0v) is 13.4. The number of benzene rings is 2. The van der Waals surface area contributed by atoms with E-state index in [0.717, 1.165) is 0 Å². The van der Waals surface area contributed by atoms with Crippen LogP contribution in [-0.2, 0) is 4.79 Å². The van der Waals surface area contributed by atoms with Crippen LogP contribution in [0.15, 0.2) is 54.1 Å². The van der Waals surface area contributed by atoms with Gasteiger partial charge in [-0.3, -0.25) is 9.59 Å². The third-order valence-electron chi connectivity index (χ3n) is 3.35. The molecule has 5 nitrogen and oxygen atoms in total. The SMILES string of the molecule is COc1ccccc1/C=C(\C#N)C(=O)Nc1ccc(C(C)=O)cc1. The summed E-state index contributed by atoms with van der Waals surface area (Å²) in [5.41, 5.74) is 1.65. The summed E-state index contributed by atoms with van der Waals surface area (Å²) < 4.78 is 5.21. The Bertz CT molecular complexity index is 830. The van der Waals surface area contributed by atoms with E-state index in [2.05, 4.69) is 5.32 Å². The van der Waals surface area contributed by atoms with Crippen molar-refractivity contribution < 1.29 is 14.3 Å². The molecule has 0 radical (unpaired) electrons. The molecule has 0 saturated heterocycles. The molecule has 5 heteroatoms. The Morgan fingerprint density at radius 2 is 1.79 bits per heavy atom. The van der Waals surface area contributed by atoms with E-state index in [4.69, 9.17) is 4.74 Å². The van der Waals surface area contributed by atoms with Crippen LogP contribution in [0.3, 0.4) is 0 Å². The molecule has 0 aliphatic heterocycles. The summed E-state index contributed by atoms with van der Waals surface area (Å²) in [7, 11) is 1.52. The number of Topliss-reactive ketones (excluding diaryl/α,β-unsaturated/α-hetero) is 1. The number of nitriles is 1. The molecule has 0 atom stereocenters. The number of hydrogen-bond donors (Lipinski definition) is 1. The van der Waals surface area contributed by atoms with Crippen molar-refractivity contribution in [1.82, 2.24) is 0 Å². The average molecular weight is 320 g/mol. The predicted octanol–water partition coefficient (Wildman–Crippen LogP) is 3.44. The second-order valence-electron chi connectivity index (χ2n) is 5.00. The van der Waals surface area contributed by atoms with Crippen molar-refractivity contribution in [3.05, 3.63) is 65.2 Å². The van der Waals surface area contributed by atoms with Crippen molar-refractivity contribution in [2.45, 2.75) is 6.92 Å². The van der Waals surface area contributed by atoms with Crippen LogP contribution in [0, 0.1) is 11.3 Å². The van der Waals surface area contributed by atoms with Crippen molar-refractivity contribution >= 4 is 23.5 Å². The number of ketones is 1. The van der Waals surface area contributed by atoms with Crippen LogP contribution in [0.2, 0.25) is 0 Å². The van der Waals surface area contributed by atoms with Crippen LogP contribution < -0.4 is 10.1 Å². The summed E-state index contributed by atoms with van der Waals surface area (Å²) in [6, 6.07) is 15.5. The Morgan fingerprint density at radius 3 is 2.38 bits per heavy atom. The predicted molar refractivity (Wildman–Crippen MR) is 91.7 cm³/mol. The summed E-state index contributed by atoms with van der Waals surface area (Å²) in [5.74, 6) is -0.00972. The molecule has 0 unspecified atom stereocenters. The van der Waals surface area contributed by atoms with E-state index in [1.807, 2.05) is 6.07 Å². The number of nitrogens with zero attached hydrogens (tertiary/aromatic N) is 1. The van der Waals surface area contributed by atoms with Gasteiger partial charge in [0.15, 0.2) is 5.78 Å². The van der Waals surface area contributed by atoms with Crippen LogP contribution >= 0.6 is 0 Å². The number of para-hydroxylation sites is 1. The number of ether oxygens (including phenoxy) is 1. The molecule has 2 aromatic rings. The van der Waals surface area contributed by atoms with Crippen LogP contribution in [0.5, 0.6) is 5.75 Å². The quantitative estimate of drug-likeness (QED) is 0.520. The molecule has 0 spiro atoms. The molecule has 24 heavy (non-hydrogen) atoms. The normalized spacial score (nSPS) is 10.6. The minimum Gasteiger partial charge on any atom is -0.496 e. The molecular formula is C19H16N2O3. The van der Waals surface area contributed by atoms with E-state index < -0.39 is 5.91 Å². The number of hydrogen-bond acceptors (Lipinski definition) is 4. The molecule has 0 bridgehead atoms. The molecule has 120 valence electrons. The van der Waals surface area contributed by atoms with Gasteiger partial charge in [0, 0.05) is 16.8 Å². The largest absolute Gasteiger partial charge is 0.496 e. The van der Waals surface area contributed by atoms with Gasteiger partial charge in [-0.1, -0.05) is 18.2 Å². The van der Waals surface area contributed by atoms with Gasteiger partial charge in [0.1, 0.15) is 17.4 Å². The van der Waals surface area contributed by atoms with Crippen molar-refractivity contribution in [1.29, 1.82) is 5.26 Å².